The quantitative estimate of drug-likeness (QED) is 0.347. The zero-order valence-electron chi connectivity index (χ0n) is 10.7. The maximum absolute atomic E-state index is 12.5. The summed E-state index contributed by atoms with van der Waals surface area (Å²) in [7, 11) is 0. The fraction of sp³-hybridized carbons (Fsp3) is 0.0769. The van der Waals surface area contributed by atoms with Crippen LogP contribution >= 0.6 is 11.6 Å². The van der Waals surface area contributed by atoms with E-state index in [9.17, 15) is 18.0 Å². The molecular formula is C13H6ClF3N4O. The van der Waals surface area contributed by atoms with Gasteiger partial charge in [0.15, 0.2) is 0 Å². The minimum Gasteiger partial charge on any atom is -0.287 e. The SMILES string of the molecule is [N-]=[N+]=Nc1ccc(C(=O)c2ncc(C(F)(F)F)cc2Cl)cc1. The molecule has 0 unspecified atom stereocenters. The van der Waals surface area contributed by atoms with E-state index in [0.717, 1.165) is 0 Å². The van der Waals surface area contributed by atoms with Gasteiger partial charge < -0.3 is 0 Å². The molecule has 5 nitrogen and oxygen atoms in total. The molecule has 1 aromatic heterocycles. The first-order chi connectivity index (χ1) is 10.3. The molecule has 0 aliphatic rings. The number of ketones is 1. The van der Waals surface area contributed by atoms with Crippen molar-refractivity contribution in [2.24, 2.45) is 5.11 Å². The third-order valence-corrected chi connectivity index (χ3v) is 2.96. The highest BCUT2D eigenvalue weighted by molar-refractivity contribution is 6.34. The van der Waals surface area contributed by atoms with E-state index in [1.807, 2.05) is 0 Å². The topological polar surface area (TPSA) is 78.7 Å². The first-order valence-electron chi connectivity index (χ1n) is 5.75. The van der Waals surface area contributed by atoms with Gasteiger partial charge in [0.25, 0.3) is 0 Å². The van der Waals surface area contributed by atoms with Crippen LogP contribution in [-0.4, -0.2) is 10.8 Å². The Morgan fingerprint density at radius 3 is 2.41 bits per heavy atom. The minimum atomic E-state index is -4.59. The van der Waals surface area contributed by atoms with Crippen LogP contribution in [0.2, 0.25) is 5.02 Å². The third-order valence-electron chi connectivity index (χ3n) is 2.67. The van der Waals surface area contributed by atoms with E-state index in [1.165, 1.54) is 24.3 Å². The van der Waals surface area contributed by atoms with E-state index in [-0.39, 0.29) is 16.3 Å². The summed E-state index contributed by atoms with van der Waals surface area (Å²) in [5.74, 6) is -0.633. The van der Waals surface area contributed by atoms with Crippen LogP contribution < -0.4 is 0 Å². The molecule has 0 atom stereocenters. The van der Waals surface area contributed by atoms with Gasteiger partial charge in [-0.15, -0.1) is 0 Å². The molecule has 2 rings (SSSR count). The first kappa shape index (κ1) is 15.8. The Labute approximate surface area is 127 Å². The summed E-state index contributed by atoms with van der Waals surface area (Å²) in [6.45, 7) is 0. The molecule has 22 heavy (non-hydrogen) atoms. The monoisotopic (exact) mass is 326 g/mol. The Morgan fingerprint density at radius 1 is 1.27 bits per heavy atom. The lowest BCUT2D eigenvalue weighted by Gasteiger charge is -2.08. The normalized spacial score (nSPS) is 10.9. The molecule has 0 N–H and O–H groups in total. The number of rotatable bonds is 3. The van der Waals surface area contributed by atoms with Crippen LogP contribution in [0.3, 0.4) is 0 Å². The maximum Gasteiger partial charge on any atom is 0.417 e. The van der Waals surface area contributed by atoms with Crippen molar-refractivity contribution in [2.45, 2.75) is 6.18 Å². The Morgan fingerprint density at radius 2 is 1.91 bits per heavy atom. The van der Waals surface area contributed by atoms with Gasteiger partial charge in [-0.25, -0.2) is 0 Å². The van der Waals surface area contributed by atoms with E-state index in [4.69, 9.17) is 17.1 Å². The number of hydrogen-bond donors (Lipinski definition) is 0. The lowest BCUT2D eigenvalue weighted by atomic mass is 10.1. The largest absolute Gasteiger partial charge is 0.417 e. The number of nitrogens with zero attached hydrogens (tertiary/aromatic N) is 4. The molecule has 0 spiro atoms. The first-order valence-corrected chi connectivity index (χ1v) is 6.13. The fourth-order valence-corrected chi connectivity index (χ4v) is 1.88. The van der Waals surface area contributed by atoms with Crippen LogP contribution in [0.4, 0.5) is 18.9 Å². The van der Waals surface area contributed by atoms with E-state index in [2.05, 4.69) is 15.0 Å². The molecule has 0 fully saturated rings. The molecule has 0 aliphatic heterocycles. The van der Waals surface area contributed by atoms with E-state index < -0.39 is 17.5 Å². The highest BCUT2D eigenvalue weighted by Crippen LogP contribution is 2.31. The van der Waals surface area contributed by atoms with Crippen molar-refractivity contribution in [1.82, 2.24) is 4.98 Å². The van der Waals surface area contributed by atoms with Gasteiger partial charge in [0.05, 0.1) is 10.6 Å². The van der Waals surface area contributed by atoms with Crippen LogP contribution in [0.25, 0.3) is 10.4 Å². The summed E-state index contributed by atoms with van der Waals surface area (Å²) in [6.07, 6.45) is -4.04. The van der Waals surface area contributed by atoms with Gasteiger partial charge in [-0.05, 0) is 11.6 Å². The fourth-order valence-electron chi connectivity index (χ4n) is 1.63. The van der Waals surface area contributed by atoms with Crippen LogP contribution in [0.15, 0.2) is 41.6 Å². The molecule has 2 aromatic rings. The number of hydrogen-bond acceptors (Lipinski definition) is 3. The maximum atomic E-state index is 12.5. The van der Waals surface area contributed by atoms with Crippen molar-refractivity contribution in [2.75, 3.05) is 0 Å². The van der Waals surface area contributed by atoms with Crippen molar-refractivity contribution >= 4 is 23.1 Å². The van der Waals surface area contributed by atoms with Gasteiger partial charge in [-0.1, -0.05) is 41.0 Å². The molecule has 1 aromatic carbocycles. The van der Waals surface area contributed by atoms with Crippen molar-refractivity contribution < 1.29 is 18.0 Å². The van der Waals surface area contributed by atoms with Crippen LogP contribution in [0.5, 0.6) is 0 Å². The lowest BCUT2D eigenvalue weighted by Crippen LogP contribution is -2.10. The van der Waals surface area contributed by atoms with Crippen LogP contribution in [0, 0.1) is 0 Å². The van der Waals surface area contributed by atoms with Gasteiger partial charge in [-0.3, -0.25) is 9.78 Å². The summed E-state index contributed by atoms with van der Waals surface area (Å²) >= 11 is 5.71. The number of alkyl halides is 3. The highest BCUT2D eigenvalue weighted by Gasteiger charge is 2.32. The second-order valence-electron chi connectivity index (χ2n) is 4.12. The molecule has 0 aliphatic carbocycles. The van der Waals surface area contributed by atoms with Gasteiger partial charge in [0.2, 0.25) is 5.78 Å². The van der Waals surface area contributed by atoms with Gasteiger partial charge >= 0.3 is 6.18 Å². The number of pyridine rings is 1. The predicted molar refractivity (Wildman–Crippen MR) is 72.9 cm³/mol. The standard InChI is InChI=1S/C13H6ClF3N4O/c14-10-5-8(13(15,16)17)6-19-11(10)12(22)7-1-3-9(4-2-7)20-21-18/h1-6H. The van der Waals surface area contributed by atoms with Gasteiger partial charge in [0.1, 0.15) is 5.69 Å². The molecule has 112 valence electrons. The van der Waals surface area contributed by atoms with Crippen molar-refractivity contribution in [3.63, 3.8) is 0 Å². The molecule has 0 radical (unpaired) electrons. The summed E-state index contributed by atoms with van der Waals surface area (Å²) < 4.78 is 37.6. The molecular weight excluding hydrogens is 321 g/mol. The predicted octanol–water partition coefficient (Wildman–Crippen LogP) is 4.93. The Kier molecular flexibility index (Phi) is 4.35. The zero-order chi connectivity index (χ0) is 16.3. The Bertz CT molecular complexity index is 768. The number of benzene rings is 1. The number of carbonyl (C=O) groups is 1. The van der Waals surface area contributed by atoms with Crippen molar-refractivity contribution in [1.29, 1.82) is 0 Å². The Balaban J connectivity index is 2.35. The second-order valence-corrected chi connectivity index (χ2v) is 4.52. The van der Waals surface area contributed by atoms with Crippen molar-refractivity contribution in [3.8, 4) is 0 Å². The van der Waals surface area contributed by atoms with E-state index in [0.29, 0.717) is 18.0 Å². The van der Waals surface area contributed by atoms with E-state index in [1.54, 1.807) is 0 Å². The Hall–Kier alpha value is -2.57. The summed E-state index contributed by atoms with van der Waals surface area (Å²) in [5.41, 5.74) is 7.41. The smallest absolute Gasteiger partial charge is 0.287 e. The molecule has 0 saturated heterocycles. The molecule has 0 bridgehead atoms. The zero-order valence-corrected chi connectivity index (χ0v) is 11.4. The molecule has 1 heterocycles. The average Bonchev–Trinajstić information content (AvgIpc) is 2.46. The summed E-state index contributed by atoms with van der Waals surface area (Å²) in [5, 5.41) is 2.95. The molecule has 0 amide bonds. The molecule has 0 saturated carbocycles. The minimum absolute atomic E-state index is 0.158. The summed E-state index contributed by atoms with van der Waals surface area (Å²) in [6, 6.07) is 6.16. The number of azide groups is 1. The summed E-state index contributed by atoms with van der Waals surface area (Å²) in [4.78, 5) is 18.2. The number of carbonyl (C=O) groups excluding carboxylic acids is 1. The van der Waals surface area contributed by atoms with Crippen molar-refractivity contribution in [3.05, 3.63) is 68.8 Å². The number of halogens is 4. The van der Waals surface area contributed by atoms with Crippen LogP contribution in [0.1, 0.15) is 21.6 Å². The van der Waals surface area contributed by atoms with Gasteiger partial charge in [0, 0.05) is 22.4 Å². The van der Waals surface area contributed by atoms with E-state index >= 15 is 0 Å². The van der Waals surface area contributed by atoms with Crippen LogP contribution in [-0.2, 0) is 6.18 Å². The average molecular weight is 327 g/mol. The lowest BCUT2D eigenvalue weighted by molar-refractivity contribution is -0.137. The molecule has 9 heteroatoms. The second kappa shape index (κ2) is 6.05. The highest BCUT2D eigenvalue weighted by atomic mass is 35.5. The van der Waals surface area contributed by atoms with Gasteiger partial charge in [-0.2, -0.15) is 13.2 Å². The number of aromatic nitrogens is 1. The third kappa shape index (κ3) is 3.36.